The summed E-state index contributed by atoms with van der Waals surface area (Å²) in [5.74, 6) is -0.826. The summed E-state index contributed by atoms with van der Waals surface area (Å²) < 4.78 is 1.43. The predicted molar refractivity (Wildman–Crippen MR) is 61.3 cm³/mol. The fourth-order valence-electron chi connectivity index (χ4n) is 1.60. The van der Waals surface area contributed by atoms with E-state index >= 15 is 0 Å². The van der Waals surface area contributed by atoms with Crippen molar-refractivity contribution >= 4 is 22.3 Å². The van der Waals surface area contributed by atoms with Gasteiger partial charge in [0.05, 0.1) is 5.69 Å². The van der Waals surface area contributed by atoms with Crippen LogP contribution in [0.4, 0.5) is 0 Å². The van der Waals surface area contributed by atoms with Crippen LogP contribution < -0.4 is 0 Å². The molecular weight excluding hydrogens is 226 g/mol. The minimum Gasteiger partial charge on any atom is -0.476 e. The molecule has 0 fully saturated rings. The molecule has 1 atom stereocenters. The Bertz CT molecular complexity index is 543. The Hall–Kier alpha value is -1.43. The topological polar surface area (TPSA) is 67.5 Å². The fraction of sp³-hybridized carbons (Fsp3) is 0.500. The molecule has 2 rings (SSSR count). The van der Waals surface area contributed by atoms with Crippen molar-refractivity contribution < 1.29 is 9.90 Å². The van der Waals surface area contributed by atoms with E-state index in [1.807, 2.05) is 20.8 Å². The molecule has 86 valence electrons. The molecule has 0 aromatic carbocycles. The van der Waals surface area contributed by atoms with Gasteiger partial charge in [0.15, 0.2) is 5.69 Å². The minimum atomic E-state index is -0.965. The van der Waals surface area contributed by atoms with Gasteiger partial charge in [-0.05, 0) is 13.3 Å². The van der Waals surface area contributed by atoms with Gasteiger partial charge >= 0.3 is 5.97 Å². The second-order valence-electron chi connectivity index (χ2n) is 3.78. The Morgan fingerprint density at radius 2 is 2.31 bits per heavy atom. The van der Waals surface area contributed by atoms with Gasteiger partial charge in [-0.2, -0.15) is 9.61 Å². The van der Waals surface area contributed by atoms with Crippen LogP contribution in [0.15, 0.2) is 0 Å². The number of imidazole rings is 1. The van der Waals surface area contributed by atoms with Crippen molar-refractivity contribution in [1.29, 1.82) is 0 Å². The highest BCUT2D eigenvalue weighted by molar-refractivity contribution is 7.16. The Morgan fingerprint density at radius 3 is 2.88 bits per heavy atom. The second kappa shape index (κ2) is 3.86. The highest BCUT2D eigenvalue weighted by atomic mass is 32.1. The Morgan fingerprint density at radius 1 is 1.62 bits per heavy atom. The molecule has 0 aliphatic rings. The average Bonchev–Trinajstić information content (AvgIpc) is 2.71. The summed E-state index contributed by atoms with van der Waals surface area (Å²) >= 11 is 1.41. The van der Waals surface area contributed by atoms with E-state index in [1.165, 1.54) is 15.9 Å². The van der Waals surface area contributed by atoms with E-state index in [1.54, 1.807) is 0 Å². The first kappa shape index (κ1) is 11.1. The Kier molecular flexibility index (Phi) is 2.67. The van der Waals surface area contributed by atoms with Gasteiger partial charge in [0.1, 0.15) is 5.01 Å². The number of carboxylic acid groups (broad SMARTS) is 1. The molecule has 1 N–H and O–H groups in total. The quantitative estimate of drug-likeness (QED) is 0.892. The van der Waals surface area contributed by atoms with Gasteiger partial charge in [-0.15, -0.1) is 0 Å². The van der Waals surface area contributed by atoms with Crippen LogP contribution in [0.25, 0.3) is 4.96 Å². The third kappa shape index (κ3) is 1.59. The molecule has 2 aromatic heterocycles. The molecule has 0 aliphatic carbocycles. The summed E-state index contributed by atoms with van der Waals surface area (Å²) in [7, 11) is 0. The molecule has 0 spiro atoms. The lowest BCUT2D eigenvalue weighted by Crippen LogP contribution is -2.08. The predicted octanol–water partition coefficient (Wildman–Crippen LogP) is 2.31. The van der Waals surface area contributed by atoms with E-state index in [2.05, 4.69) is 10.1 Å². The number of carboxylic acids is 1. The summed E-state index contributed by atoms with van der Waals surface area (Å²) in [6.07, 6.45) is 0.865. The Labute approximate surface area is 96.7 Å². The third-order valence-corrected chi connectivity index (χ3v) is 3.44. The van der Waals surface area contributed by atoms with E-state index in [0.29, 0.717) is 10.7 Å². The molecule has 16 heavy (non-hydrogen) atoms. The molecule has 0 bridgehead atoms. The van der Waals surface area contributed by atoms with E-state index < -0.39 is 5.97 Å². The van der Waals surface area contributed by atoms with Gasteiger partial charge in [-0.25, -0.2) is 9.78 Å². The Balaban J connectivity index is 2.69. The summed E-state index contributed by atoms with van der Waals surface area (Å²) in [5, 5.41) is 14.2. The number of aromatic nitrogens is 3. The number of aryl methyl sites for hydroxylation is 1. The third-order valence-electron chi connectivity index (χ3n) is 2.61. The first-order valence-electron chi connectivity index (χ1n) is 5.14. The smallest absolute Gasteiger partial charge is 0.356 e. The van der Waals surface area contributed by atoms with Gasteiger partial charge < -0.3 is 5.11 Å². The van der Waals surface area contributed by atoms with E-state index in [4.69, 9.17) is 0 Å². The SMILES string of the molecule is CCC(C)c1nc2sc(C)nn2c1C(=O)O. The largest absolute Gasteiger partial charge is 0.476 e. The van der Waals surface area contributed by atoms with Crippen molar-refractivity contribution in [3.05, 3.63) is 16.4 Å². The van der Waals surface area contributed by atoms with Crippen molar-refractivity contribution in [2.45, 2.75) is 33.1 Å². The van der Waals surface area contributed by atoms with Crippen LogP contribution in [0.3, 0.4) is 0 Å². The van der Waals surface area contributed by atoms with Crippen LogP contribution in [0.2, 0.25) is 0 Å². The van der Waals surface area contributed by atoms with Crippen LogP contribution in [0.5, 0.6) is 0 Å². The molecule has 0 aliphatic heterocycles. The number of hydrogen-bond donors (Lipinski definition) is 1. The van der Waals surface area contributed by atoms with Crippen molar-refractivity contribution in [2.24, 2.45) is 0 Å². The van der Waals surface area contributed by atoms with Gasteiger partial charge in [-0.1, -0.05) is 25.2 Å². The lowest BCUT2D eigenvalue weighted by atomic mass is 10.0. The first-order chi connectivity index (χ1) is 7.54. The number of hydrogen-bond acceptors (Lipinski definition) is 4. The minimum absolute atomic E-state index is 0.139. The van der Waals surface area contributed by atoms with E-state index in [9.17, 15) is 9.90 Å². The maximum absolute atomic E-state index is 11.2. The second-order valence-corrected chi connectivity index (χ2v) is 4.94. The molecule has 2 aromatic rings. The normalized spacial score (nSPS) is 13.2. The van der Waals surface area contributed by atoms with Crippen LogP contribution in [-0.4, -0.2) is 25.7 Å². The maximum Gasteiger partial charge on any atom is 0.356 e. The van der Waals surface area contributed by atoms with Crippen LogP contribution >= 0.6 is 11.3 Å². The summed E-state index contributed by atoms with van der Waals surface area (Å²) in [6, 6.07) is 0. The van der Waals surface area contributed by atoms with Gasteiger partial charge in [0.2, 0.25) is 4.96 Å². The molecule has 0 saturated heterocycles. The standard InChI is InChI=1S/C10H13N3O2S/c1-4-5(2)7-8(9(14)15)13-10(11-7)16-6(3)12-13/h5H,4H2,1-3H3,(H,14,15). The van der Waals surface area contributed by atoms with E-state index in [0.717, 1.165) is 11.4 Å². The van der Waals surface area contributed by atoms with Crippen LogP contribution in [0.1, 0.15) is 47.4 Å². The highest BCUT2D eigenvalue weighted by Crippen LogP contribution is 2.25. The number of rotatable bonds is 3. The van der Waals surface area contributed by atoms with Gasteiger partial charge in [0.25, 0.3) is 0 Å². The van der Waals surface area contributed by atoms with E-state index in [-0.39, 0.29) is 11.6 Å². The number of fused-ring (bicyclic) bond motifs is 1. The van der Waals surface area contributed by atoms with Crippen molar-refractivity contribution in [1.82, 2.24) is 14.6 Å². The zero-order valence-corrected chi connectivity index (χ0v) is 10.2. The van der Waals surface area contributed by atoms with Crippen LogP contribution in [-0.2, 0) is 0 Å². The maximum atomic E-state index is 11.2. The highest BCUT2D eigenvalue weighted by Gasteiger charge is 2.24. The molecule has 0 amide bonds. The molecule has 0 radical (unpaired) electrons. The fourth-order valence-corrected chi connectivity index (χ4v) is 2.35. The summed E-state index contributed by atoms with van der Waals surface area (Å²) in [5.41, 5.74) is 0.836. The summed E-state index contributed by atoms with van der Waals surface area (Å²) in [6.45, 7) is 5.84. The van der Waals surface area contributed by atoms with Gasteiger partial charge in [-0.3, -0.25) is 0 Å². The lowest BCUT2D eigenvalue weighted by Gasteiger charge is -2.05. The lowest BCUT2D eigenvalue weighted by molar-refractivity contribution is 0.0686. The number of aromatic carboxylic acids is 1. The van der Waals surface area contributed by atoms with Gasteiger partial charge in [0, 0.05) is 5.92 Å². The summed E-state index contributed by atoms with van der Waals surface area (Å²) in [4.78, 5) is 16.3. The zero-order chi connectivity index (χ0) is 11.9. The molecular formula is C10H13N3O2S. The number of nitrogens with zero attached hydrogens (tertiary/aromatic N) is 3. The van der Waals surface area contributed by atoms with Crippen molar-refractivity contribution in [2.75, 3.05) is 0 Å². The zero-order valence-electron chi connectivity index (χ0n) is 9.39. The number of carbonyl (C=O) groups is 1. The molecule has 6 heteroatoms. The van der Waals surface area contributed by atoms with Crippen molar-refractivity contribution in [3.8, 4) is 0 Å². The average molecular weight is 239 g/mol. The van der Waals surface area contributed by atoms with Crippen LogP contribution in [0, 0.1) is 6.92 Å². The molecule has 0 saturated carbocycles. The monoisotopic (exact) mass is 239 g/mol. The molecule has 5 nitrogen and oxygen atoms in total. The van der Waals surface area contributed by atoms with Crippen molar-refractivity contribution in [3.63, 3.8) is 0 Å². The first-order valence-corrected chi connectivity index (χ1v) is 5.95. The molecule has 2 heterocycles. The molecule has 1 unspecified atom stereocenters.